The number of rotatable bonds is 2. The average Bonchev–Trinajstić information content (AvgIpc) is 2.58. The molecule has 0 spiro atoms. The second kappa shape index (κ2) is 3.53. The van der Waals surface area contributed by atoms with Crippen LogP contribution in [-0.4, -0.2) is 24.6 Å². The monoisotopic (exact) mass is 242 g/mol. The van der Waals surface area contributed by atoms with Crippen molar-refractivity contribution in [3.63, 3.8) is 0 Å². The summed E-state index contributed by atoms with van der Waals surface area (Å²) in [6.45, 7) is 2.02. The molecule has 0 aliphatic rings. The maximum Gasteiger partial charge on any atom is 0.194 e. The number of thiophene rings is 1. The van der Waals surface area contributed by atoms with E-state index in [4.69, 9.17) is 0 Å². The number of aryl methyl sites for hydroxylation is 1. The first kappa shape index (κ1) is 10.5. The van der Waals surface area contributed by atoms with Crippen molar-refractivity contribution in [2.45, 2.75) is 18.4 Å². The molecule has 15 heavy (non-hydrogen) atoms. The van der Waals surface area contributed by atoms with Crippen LogP contribution >= 0.6 is 11.3 Å². The molecule has 0 aliphatic heterocycles. The van der Waals surface area contributed by atoms with Gasteiger partial charge in [-0.25, -0.2) is 18.4 Å². The number of hydrogen-bond acceptors (Lipinski definition) is 5. The summed E-state index contributed by atoms with van der Waals surface area (Å²) >= 11 is 1.39. The van der Waals surface area contributed by atoms with Crippen molar-refractivity contribution < 1.29 is 8.42 Å². The summed E-state index contributed by atoms with van der Waals surface area (Å²) in [5.74, 6) is 0. The minimum atomic E-state index is -3.27. The molecule has 2 rings (SSSR count). The van der Waals surface area contributed by atoms with Gasteiger partial charge >= 0.3 is 0 Å². The van der Waals surface area contributed by atoms with Gasteiger partial charge in [0.15, 0.2) is 14.9 Å². The SMILES string of the molecule is CCc1csc2c(S(C)(=O)=O)ncnc12. The van der Waals surface area contributed by atoms with Gasteiger partial charge in [-0.2, -0.15) is 0 Å². The van der Waals surface area contributed by atoms with Gasteiger partial charge in [-0.1, -0.05) is 6.92 Å². The molecule has 2 aromatic rings. The highest BCUT2D eigenvalue weighted by molar-refractivity contribution is 7.91. The first-order valence-electron chi connectivity index (χ1n) is 4.45. The molecule has 2 heterocycles. The second-order valence-electron chi connectivity index (χ2n) is 3.24. The number of hydrogen-bond donors (Lipinski definition) is 0. The third kappa shape index (κ3) is 1.74. The minimum absolute atomic E-state index is 0.136. The number of sulfone groups is 1. The molecule has 0 radical (unpaired) electrons. The Balaban J connectivity index is 2.84. The standard InChI is InChI=1S/C9H10N2O2S2/c1-3-6-4-14-8-7(6)10-5-11-9(8)15(2,12)13/h4-5H,3H2,1-2H3. The molecular weight excluding hydrogens is 232 g/mol. The molecule has 6 heteroatoms. The molecule has 0 fully saturated rings. The summed E-state index contributed by atoms with van der Waals surface area (Å²) in [5, 5.41) is 2.07. The van der Waals surface area contributed by atoms with Crippen LogP contribution in [0, 0.1) is 0 Å². The largest absolute Gasteiger partial charge is 0.235 e. The van der Waals surface area contributed by atoms with E-state index >= 15 is 0 Å². The fourth-order valence-corrected chi connectivity index (χ4v) is 3.65. The fraction of sp³-hybridized carbons (Fsp3) is 0.333. The molecule has 0 amide bonds. The van der Waals surface area contributed by atoms with Gasteiger partial charge in [0, 0.05) is 6.26 Å². The molecule has 80 valence electrons. The summed E-state index contributed by atoms with van der Waals surface area (Å²) in [6.07, 6.45) is 3.32. The van der Waals surface area contributed by atoms with Crippen molar-refractivity contribution in [2.24, 2.45) is 0 Å². The van der Waals surface area contributed by atoms with Crippen LogP contribution in [0.15, 0.2) is 16.7 Å². The summed E-state index contributed by atoms with van der Waals surface area (Å²) in [7, 11) is -3.27. The van der Waals surface area contributed by atoms with Crippen molar-refractivity contribution in [2.75, 3.05) is 6.26 Å². The number of nitrogens with zero attached hydrogens (tertiary/aromatic N) is 2. The van der Waals surface area contributed by atoms with Crippen molar-refractivity contribution in [3.05, 3.63) is 17.3 Å². The van der Waals surface area contributed by atoms with Crippen LogP contribution < -0.4 is 0 Å². The Kier molecular flexibility index (Phi) is 2.47. The quantitative estimate of drug-likeness (QED) is 0.751. The van der Waals surface area contributed by atoms with E-state index in [0.29, 0.717) is 4.70 Å². The lowest BCUT2D eigenvalue weighted by molar-refractivity contribution is 0.599. The van der Waals surface area contributed by atoms with Gasteiger partial charge in [0.2, 0.25) is 0 Å². The van der Waals surface area contributed by atoms with Gasteiger partial charge in [0.05, 0.1) is 10.2 Å². The van der Waals surface area contributed by atoms with Gasteiger partial charge in [0.1, 0.15) is 6.33 Å². The molecule has 4 nitrogen and oxygen atoms in total. The van der Waals surface area contributed by atoms with Crippen LogP contribution in [0.5, 0.6) is 0 Å². The first-order valence-corrected chi connectivity index (χ1v) is 7.22. The van der Waals surface area contributed by atoms with Crippen molar-refractivity contribution in [1.29, 1.82) is 0 Å². The molecule has 2 aromatic heterocycles. The van der Waals surface area contributed by atoms with Crippen LogP contribution in [0.25, 0.3) is 10.2 Å². The molecule has 0 saturated carbocycles. The number of fused-ring (bicyclic) bond motifs is 1. The zero-order chi connectivity index (χ0) is 11.1. The predicted molar refractivity (Wildman–Crippen MR) is 59.9 cm³/mol. The summed E-state index contributed by atoms with van der Waals surface area (Å²) < 4.78 is 23.6. The molecule has 0 bridgehead atoms. The van der Waals surface area contributed by atoms with E-state index in [-0.39, 0.29) is 5.03 Å². The Morgan fingerprint density at radius 3 is 2.73 bits per heavy atom. The van der Waals surface area contributed by atoms with E-state index in [1.165, 1.54) is 23.9 Å². The minimum Gasteiger partial charge on any atom is -0.235 e. The Morgan fingerprint density at radius 2 is 2.13 bits per heavy atom. The van der Waals surface area contributed by atoms with Crippen LogP contribution in [0.1, 0.15) is 12.5 Å². The van der Waals surface area contributed by atoms with Gasteiger partial charge in [-0.3, -0.25) is 0 Å². The molecule has 0 saturated heterocycles. The van der Waals surface area contributed by atoms with Gasteiger partial charge in [-0.05, 0) is 17.4 Å². The van der Waals surface area contributed by atoms with E-state index in [1.807, 2.05) is 12.3 Å². The van der Waals surface area contributed by atoms with Gasteiger partial charge in [-0.15, -0.1) is 11.3 Å². The Labute approximate surface area is 91.9 Å². The first-order chi connectivity index (χ1) is 7.04. The summed E-state index contributed by atoms with van der Waals surface area (Å²) in [5.41, 5.74) is 1.83. The Hall–Kier alpha value is -1.01. The highest BCUT2D eigenvalue weighted by atomic mass is 32.2. The van der Waals surface area contributed by atoms with Gasteiger partial charge < -0.3 is 0 Å². The van der Waals surface area contributed by atoms with E-state index in [0.717, 1.165) is 17.5 Å². The number of aromatic nitrogens is 2. The summed E-state index contributed by atoms with van der Waals surface area (Å²) in [4.78, 5) is 7.96. The lowest BCUT2D eigenvalue weighted by atomic mass is 10.2. The zero-order valence-corrected chi connectivity index (χ0v) is 10.0. The van der Waals surface area contributed by atoms with Crippen molar-refractivity contribution >= 4 is 31.4 Å². The highest BCUT2D eigenvalue weighted by Gasteiger charge is 2.16. The lowest BCUT2D eigenvalue weighted by Gasteiger charge is -1.98. The van der Waals surface area contributed by atoms with E-state index < -0.39 is 9.84 Å². The predicted octanol–water partition coefficient (Wildman–Crippen LogP) is 1.66. The maximum absolute atomic E-state index is 11.5. The average molecular weight is 242 g/mol. The van der Waals surface area contributed by atoms with E-state index in [1.54, 1.807) is 0 Å². The van der Waals surface area contributed by atoms with Crippen LogP contribution in [-0.2, 0) is 16.3 Å². The van der Waals surface area contributed by atoms with Crippen LogP contribution in [0.4, 0.5) is 0 Å². The molecule has 0 aliphatic carbocycles. The third-order valence-corrected chi connectivity index (χ3v) is 4.29. The molecule has 0 unspecified atom stereocenters. The van der Waals surface area contributed by atoms with Gasteiger partial charge in [0.25, 0.3) is 0 Å². The normalized spacial score (nSPS) is 12.1. The molecule has 0 N–H and O–H groups in total. The second-order valence-corrected chi connectivity index (χ2v) is 6.05. The molecular formula is C9H10N2O2S2. The smallest absolute Gasteiger partial charge is 0.194 e. The zero-order valence-electron chi connectivity index (χ0n) is 8.39. The maximum atomic E-state index is 11.5. The van der Waals surface area contributed by atoms with Crippen LogP contribution in [0.2, 0.25) is 0 Å². The fourth-order valence-electron chi connectivity index (χ4n) is 1.39. The van der Waals surface area contributed by atoms with Crippen molar-refractivity contribution in [1.82, 2.24) is 9.97 Å². The van der Waals surface area contributed by atoms with Crippen molar-refractivity contribution in [3.8, 4) is 0 Å². The van der Waals surface area contributed by atoms with E-state index in [9.17, 15) is 8.42 Å². The molecule has 0 aromatic carbocycles. The third-order valence-electron chi connectivity index (χ3n) is 2.13. The molecule has 0 atom stereocenters. The lowest BCUT2D eigenvalue weighted by Crippen LogP contribution is -2.01. The highest BCUT2D eigenvalue weighted by Crippen LogP contribution is 2.28. The Morgan fingerprint density at radius 1 is 1.40 bits per heavy atom. The summed E-state index contributed by atoms with van der Waals surface area (Å²) in [6, 6.07) is 0. The topological polar surface area (TPSA) is 59.9 Å². The van der Waals surface area contributed by atoms with Crippen LogP contribution in [0.3, 0.4) is 0 Å². The Bertz CT molecular complexity index is 602. The van der Waals surface area contributed by atoms with E-state index in [2.05, 4.69) is 9.97 Å².